The van der Waals surface area contributed by atoms with Crippen molar-refractivity contribution in [2.75, 3.05) is 0 Å². The van der Waals surface area contributed by atoms with Crippen molar-refractivity contribution in [3.8, 4) is 0 Å². The van der Waals surface area contributed by atoms with E-state index < -0.39 is 29.9 Å². The summed E-state index contributed by atoms with van der Waals surface area (Å²) in [7, 11) is 0. The van der Waals surface area contributed by atoms with Crippen LogP contribution in [0.5, 0.6) is 0 Å². The molecule has 0 spiro atoms. The van der Waals surface area contributed by atoms with E-state index in [2.05, 4.69) is 5.32 Å². The number of carbonyl (C=O) groups excluding carboxylic acids is 1. The third kappa shape index (κ3) is 4.69. The molecule has 2 atom stereocenters. The van der Waals surface area contributed by atoms with Crippen molar-refractivity contribution in [2.24, 2.45) is 5.73 Å². The fourth-order valence-corrected chi connectivity index (χ4v) is 1.60. The molecule has 1 aromatic rings. The van der Waals surface area contributed by atoms with E-state index in [0.717, 1.165) is 0 Å². The minimum Gasteiger partial charge on any atom is -0.481 e. The summed E-state index contributed by atoms with van der Waals surface area (Å²) >= 11 is 0. The van der Waals surface area contributed by atoms with Gasteiger partial charge >= 0.3 is 11.9 Å². The summed E-state index contributed by atoms with van der Waals surface area (Å²) in [5.74, 6) is -3.08. The number of carbonyl (C=O) groups is 3. The summed E-state index contributed by atoms with van der Waals surface area (Å²) in [6, 6.07) is 6.22. The van der Waals surface area contributed by atoms with Gasteiger partial charge in [0.15, 0.2) is 0 Å². The van der Waals surface area contributed by atoms with E-state index in [9.17, 15) is 14.4 Å². The first kappa shape index (κ1) is 15.6. The molecular formula is C13H16N2O5. The molecule has 20 heavy (non-hydrogen) atoms. The summed E-state index contributed by atoms with van der Waals surface area (Å²) in [5.41, 5.74) is 6.27. The Labute approximate surface area is 115 Å². The Morgan fingerprint density at radius 2 is 1.75 bits per heavy atom. The molecule has 7 nitrogen and oxygen atoms in total. The Hall–Kier alpha value is -2.41. The number of benzene rings is 1. The van der Waals surface area contributed by atoms with Gasteiger partial charge < -0.3 is 21.3 Å². The number of carboxylic acids is 2. The summed E-state index contributed by atoms with van der Waals surface area (Å²) < 4.78 is 0. The zero-order valence-electron chi connectivity index (χ0n) is 10.7. The van der Waals surface area contributed by atoms with Crippen LogP contribution in [0.1, 0.15) is 24.4 Å². The lowest BCUT2D eigenvalue weighted by Crippen LogP contribution is -2.45. The highest BCUT2D eigenvalue weighted by Crippen LogP contribution is 2.10. The quantitative estimate of drug-likeness (QED) is 0.561. The van der Waals surface area contributed by atoms with Crippen molar-refractivity contribution < 1.29 is 24.6 Å². The standard InChI is InChI=1S/C13H16N2O5/c14-11(8-4-2-1-3-5-8)12(18)15-9(13(19)20)6-7-10(16)17/h1-5,9,11H,6-7,14H2,(H,15,18)(H,16,17)(H,19,20)/t9?,11-/m0/s1. The van der Waals surface area contributed by atoms with Crippen molar-refractivity contribution in [3.05, 3.63) is 35.9 Å². The van der Waals surface area contributed by atoms with Crippen molar-refractivity contribution >= 4 is 17.8 Å². The lowest BCUT2D eigenvalue weighted by Gasteiger charge is -2.17. The molecule has 0 fully saturated rings. The monoisotopic (exact) mass is 280 g/mol. The fourth-order valence-electron chi connectivity index (χ4n) is 1.60. The van der Waals surface area contributed by atoms with Gasteiger partial charge in [-0.25, -0.2) is 4.79 Å². The SMILES string of the molecule is N[C@H](C(=O)NC(CCC(=O)O)C(=O)O)c1ccccc1. The summed E-state index contributed by atoms with van der Waals surface area (Å²) in [6.45, 7) is 0. The molecule has 7 heteroatoms. The first-order valence-corrected chi connectivity index (χ1v) is 5.97. The molecule has 1 rings (SSSR count). The smallest absolute Gasteiger partial charge is 0.326 e. The Balaban J connectivity index is 2.66. The Kier molecular flexibility index (Phi) is 5.67. The van der Waals surface area contributed by atoms with Crippen LogP contribution >= 0.6 is 0 Å². The fraction of sp³-hybridized carbons (Fsp3) is 0.308. The largest absolute Gasteiger partial charge is 0.481 e. The Morgan fingerprint density at radius 1 is 1.15 bits per heavy atom. The van der Waals surface area contributed by atoms with E-state index in [-0.39, 0.29) is 12.8 Å². The number of nitrogens with one attached hydrogen (secondary N) is 1. The van der Waals surface area contributed by atoms with E-state index in [1.54, 1.807) is 30.3 Å². The van der Waals surface area contributed by atoms with Gasteiger partial charge in [0.05, 0.1) is 0 Å². The topological polar surface area (TPSA) is 130 Å². The van der Waals surface area contributed by atoms with Gasteiger partial charge in [-0.1, -0.05) is 30.3 Å². The number of carboxylic acid groups (broad SMARTS) is 2. The van der Waals surface area contributed by atoms with E-state index in [1.165, 1.54) is 0 Å². The number of rotatable bonds is 7. The van der Waals surface area contributed by atoms with Crippen LogP contribution in [-0.4, -0.2) is 34.1 Å². The van der Waals surface area contributed by atoms with Crippen LogP contribution in [0.15, 0.2) is 30.3 Å². The van der Waals surface area contributed by atoms with Gasteiger partial charge in [0, 0.05) is 6.42 Å². The van der Waals surface area contributed by atoms with E-state index in [1.807, 2.05) is 0 Å². The molecule has 1 aromatic carbocycles. The molecule has 0 saturated carbocycles. The molecule has 0 bridgehead atoms. The average molecular weight is 280 g/mol. The summed E-state index contributed by atoms with van der Waals surface area (Å²) in [6.07, 6.45) is -0.546. The molecule has 0 aliphatic heterocycles. The predicted molar refractivity (Wildman–Crippen MR) is 69.8 cm³/mol. The van der Waals surface area contributed by atoms with Crippen LogP contribution in [0, 0.1) is 0 Å². The molecule has 0 heterocycles. The molecule has 0 radical (unpaired) electrons. The van der Waals surface area contributed by atoms with E-state index in [0.29, 0.717) is 5.56 Å². The lowest BCUT2D eigenvalue weighted by atomic mass is 10.1. The minimum atomic E-state index is -1.29. The molecule has 0 saturated heterocycles. The van der Waals surface area contributed by atoms with Gasteiger partial charge in [-0.3, -0.25) is 9.59 Å². The van der Waals surface area contributed by atoms with Crippen LogP contribution in [0.4, 0.5) is 0 Å². The van der Waals surface area contributed by atoms with Crippen molar-refractivity contribution in [1.82, 2.24) is 5.32 Å². The van der Waals surface area contributed by atoms with Gasteiger partial charge in [-0.2, -0.15) is 0 Å². The Morgan fingerprint density at radius 3 is 2.25 bits per heavy atom. The second kappa shape index (κ2) is 7.25. The maximum Gasteiger partial charge on any atom is 0.326 e. The average Bonchev–Trinajstić information content (AvgIpc) is 2.42. The van der Waals surface area contributed by atoms with E-state index in [4.69, 9.17) is 15.9 Å². The molecule has 1 unspecified atom stereocenters. The normalized spacial score (nSPS) is 13.2. The first-order chi connectivity index (χ1) is 9.41. The van der Waals surface area contributed by atoms with Crippen molar-refractivity contribution in [1.29, 1.82) is 0 Å². The summed E-state index contributed by atoms with van der Waals surface area (Å²) in [4.78, 5) is 33.3. The minimum absolute atomic E-state index is 0.197. The van der Waals surface area contributed by atoms with Crippen LogP contribution in [-0.2, 0) is 14.4 Å². The third-order valence-corrected chi connectivity index (χ3v) is 2.70. The highest BCUT2D eigenvalue weighted by molar-refractivity contribution is 5.87. The van der Waals surface area contributed by atoms with Gasteiger partial charge in [-0.15, -0.1) is 0 Å². The van der Waals surface area contributed by atoms with Gasteiger partial charge in [0.2, 0.25) is 5.91 Å². The van der Waals surface area contributed by atoms with Gasteiger partial charge in [0.1, 0.15) is 12.1 Å². The number of amides is 1. The van der Waals surface area contributed by atoms with Gasteiger partial charge in [-0.05, 0) is 12.0 Å². The molecular weight excluding hydrogens is 264 g/mol. The number of aliphatic carboxylic acids is 2. The highest BCUT2D eigenvalue weighted by Gasteiger charge is 2.24. The van der Waals surface area contributed by atoms with Crippen LogP contribution < -0.4 is 11.1 Å². The highest BCUT2D eigenvalue weighted by atomic mass is 16.4. The Bertz CT molecular complexity index is 489. The van der Waals surface area contributed by atoms with Crippen LogP contribution in [0.25, 0.3) is 0 Å². The molecule has 0 aliphatic carbocycles. The molecule has 0 aromatic heterocycles. The summed E-state index contributed by atoms with van der Waals surface area (Å²) in [5, 5.41) is 19.7. The zero-order valence-corrected chi connectivity index (χ0v) is 10.7. The lowest BCUT2D eigenvalue weighted by molar-refractivity contribution is -0.143. The van der Waals surface area contributed by atoms with E-state index >= 15 is 0 Å². The van der Waals surface area contributed by atoms with Gasteiger partial charge in [0.25, 0.3) is 0 Å². The molecule has 5 N–H and O–H groups in total. The maximum absolute atomic E-state index is 11.9. The third-order valence-electron chi connectivity index (χ3n) is 2.70. The predicted octanol–water partition coefficient (Wildman–Crippen LogP) is 0.121. The second-order valence-corrected chi connectivity index (χ2v) is 4.22. The molecule has 1 amide bonds. The van der Waals surface area contributed by atoms with Crippen LogP contribution in [0.2, 0.25) is 0 Å². The first-order valence-electron chi connectivity index (χ1n) is 5.97. The maximum atomic E-state index is 11.9. The number of hydrogen-bond acceptors (Lipinski definition) is 4. The zero-order chi connectivity index (χ0) is 15.1. The van der Waals surface area contributed by atoms with Crippen LogP contribution in [0.3, 0.4) is 0 Å². The second-order valence-electron chi connectivity index (χ2n) is 4.22. The number of hydrogen-bond donors (Lipinski definition) is 4. The van der Waals surface area contributed by atoms with Crippen molar-refractivity contribution in [2.45, 2.75) is 24.9 Å². The number of nitrogens with two attached hydrogens (primary N) is 1. The molecule has 108 valence electrons. The van der Waals surface area contributed by atoms with Crippen molar-refractivity contribution in [3.63, 3.8) is 0 Å². The molecule has 0 aliphatic rings.